The fraction of sp³-hybridized carbons (Fsp3) is 0.0833. The number of para-hydroxylation sites is 3. The predicted molar refractivity (Wildman–Crippen MR) is 118 cm³/mol. The average Bonchev–Trinajstić information content (AvgIpc) is 2.76. The maximum atomic E-state index is 13.1. The van der Waals surface area contributed by atoms with Crippen LogP contribution in [0.25, 0.3) is 11.0 Å². The number of anilines is 1. The van der Waals surface area contributed by atoms with Crippen LogP contribution < -0.4 is 15.6 Å². The Hall–Kier alpha value is -3.57. The maximum Gasteiger partial charge on any atom is 0.261 e. The summed E-state index contributed by atoms with van der Waals surface area (Å²) in [4.78, 5) is 17.7. The van der Waals surface area contributed by atoms with Gasteiger partial charge >= 0.3 is 0 Å². The number of amides is 1. The minimum atomic E-state index is -0.334. The molecule has 5 nitrogen and oxygen atoms in total. The number of nitrogens with one attached hydrogen (secondary N) is 1. The van der Waals surface area contributed by atoms with Crippen molar-refractivity contribution in [3.05, 3.63) is 95.0 Å². The third kappa shape index (κ3) is 4.36. The van der Waals surface area contributed by atoms with E-state index in [0.717, 1.165) is 5.39 Å². The molecular weight excluding hydrogens is 400 g/mol. The van der Waals surface area contributed by atoms with Gasteiger partial charge in [0.25, 0.3) is 5.91 Å². The van der Waals surface area contributed by atoms with Gasteiger partial charge in [0, 0.05) is 16.1 Å². The molecule has 4 rings (SSSR count). The van der Waals surface area contributed by atoms with Crippen LogP contribution >= 0.6 is 11.6 Å². The van der Waals surface area contributed by atoms with Crippen molar-refractivity contribution in [1.82, 2.24) is 0 Å². The number of fused-ring (bicyclic) bond motifs is 1. The lowest BCUT2D eigenvalue weighted by molar-refractivity contribution is 0.102. The summed E-state index contributed by atoms with van der Waals surface area (Å²) < 4.78 is 11.7. The van der Waals surface area contributed by atoms with Gasteiger partial charge in [-0.3, -0.25) is 4.79 Å². The summed E-state index contributed by atoms with van der Waals surface area (Å²) in [5.41, 5.74) is 2.35. The van der Waals surface area contributed by atoms with Gasteiger partial charge in [0.05, 0.1) is 6.61 Å². The molecule has 0 atom stereocenters. The van der Waals surface area contributed by atoms with Gasteiger partial charge in [-0.05, 0) is 55.5 Å². The molecule has 6 heteroatoms. The highest BCUT2D eigenvalue weighted by Gasteiger charge is 2.14. The highest BCUT2D eigenvalue weighted by Crippen LogP contribution is 2.26. The largest absolute Gasteiger partial charge is 0.492 e. The van der Waals surface area contributed by atoms with Crippen molar-refractivity contribution in [2.24, 2.45) is 4.99 Å². The first kappa shape index (κ1) is 19.7. The van der Waals surface area contributed by atoms with Gasteiger partial charge < -0.3 is 14.5 Å². The van der Waals surface area contributed by atoms with Crippen LogP contribution in [0.2, 0.25) is 5.02 Å². The first-order valence-corrected chi connectivity index (χ1v) is 9.88. The molecule has 1 amide bonds. The van der Waals surface area contributed by atoms with Crippen LogP contribution in [0.15, 0.2) is 88.3 Å². The Balaban J connectivity index is 1.84. The van der Waals surface area contributed by atoms with E-state index in [4.69, 9.17) is 20.8 Å². The first-order chi connectivity index (χ1) is 14.6. The minimum Gasteiger partial charge on any atom is -0.492 e. The van der Waals surface area contributed by atoms with Crippen molar-refractivity contribution in [2.45, 2.75) is 6.92 Å². The summed E-state index contributed by atoms with van der Waals surface area (Å²) in [6, 6.07) is 23.5. The molecule has 3 aromatic carbocycles. The second-order valence-corrected chi connectivity index (χ2v) is 6.91. The quantitative estimate of drug-likeness (QED) is 0.434. The van der Waals surface area contributed by atoms with E-state index >= 15 is 0 Å². The number of halogens is 1. The Labute approximate surface area is 178 Å². The van der Waals surface area contributed by atoms with Gasteiger partial charge in [0.15, 0.2) is 0 Å². The molecule has 0 unspecified atom stereocenters. The van der Waals surface area contributed by atoms with E-state index in [1.807, 2.05) is 55.5 Å². The topological polar surface area (TPSA) is 63.8 Å². The Morgan fingerprint density at radius 3 is 2.57 bits per heavy atom. The van der Waals surface area contributed by atoms with Crippen molar-refractivity contribution in [2.75, 3.05) is 11.9 Å². The Morgan fingerprint density at radius 1 is 1.03 bits per heavy atom. The normalized spacial score (nSPS) is 11.5. The molecule has 0 fully saturated rings. The molecule has 0 radical (unpaired) electrons. The third-order valence-corrected chi connectivity index (χ3v) is 4.64. The number of benzene rings is 3. The molecular formula is C24H19ClN2O3. The summed E-state index contributed by atoms with van der Waals surface area (Å²) in [5, 5.41) is 4.26. The smallest absolute Gasteiger partial charge is 0.261 e. The number of hydrogen-bond donors (Lipinski definition) is 1. The number of carbonyl (C=O) groups excluding carboxylic acids is 1. The molecule has 1 aromatic heterocycles. The van der Waals surface area contributed by atoms with Crippen molar-refractivity contribution in [3.63, 3.8) is 0 Å². The van der Waals surface area contributed by atoms with E-state index in [9.17, 15) is 4.79 Å². The van der Waals surface area contributed by atoms with Crippen molar-refractivity contribution in [1.29, 1.82) is 0 Å². The highest BCUT2D eigenvalue weighted by molar-refractivity contribution is 6.30. The van der Waals surface area contributed by atoms with Crippen molar-refractivity contribution < 1.29 is 13.9 Å². The zero-order valence-corrected chi connectivity index (χ0v) is 17.0. The van der Waals surface area contributed by atoms with E-state index in [1.165, 1.54) is 0 Å². The molecule has 0 saturated heterocycles. The van der Waals surface area contributed by atoms with Crippen LogP contribution in [0.3, 0.4) is 0 Å². The van der Waals surface area contributed by atoms with E-state index in [1.54, 1.807) is 30.3 Å². The van der Waals surface area contributed by atoms with Gasteiger partial charge in [-0.2, -0.15) is 0 Å². The second-order valence-electron chi connectivity index (χ2n) is 6.48. The summed E-state index contributed by atoms with van der Waals surface area (Å²) in [6.45, 7) is 2.41. The standard InChI is InChI=1S/C24H19ClN2O3/c1-2-29-22-10-6-4-8-20(22)27-24-19(15-16-7-3-5-9-21(16)30-24)23(28)26-18-13-11-17(25)12-14-18/h3-15H,2H2,1H3,(H,26,28). The first-order valence-electron chi connectivity index (χ1n) is 9.50. The van der Waals surface area contributed by atoms with E-state index in [-0.39, 0.29) is 11.5 Å². The number of nitrogens with zero attached hydrogens (tertiary/aromatic N) is 1. The van der Waals surface area contributed by atoms with Gasteiger partial charge in [-0.25, -0.2) is 4.99 Å². The molecule has 0 spiro atoms. The average molecular weight is 419 g/mol. The second kappa shape index (κ2) is 8.84. The monoisotopic (exact) mass is 418 g/mol. The molecule has 0 aliphatic carbocycles. The SMILES string of the molecule is CCOc1ccccc1N=c1oc2ccccc2cc1C(=O)Nc1ccc(Cl)cc1. The molecule has 0 aliphatic rings. The Kier molecular flexibility index (Phi) is 5.82. The predicted octanol–water partition coefficient (Wildman–Crippen LogP) is 5.97. The fourth-order valence-electron chi connectivity index (χ4n) is 2.98. The molecule has 150 valence electrons. The third-order valence-electron chi connectivity index (χ3n) is 4.39. The lowest BCUT2D eigenvalue weighted by atomic mass is 10.1. The summed E-state index contributed by atoms with van der Waals surface area (Å²) in [5.74, 6) is 0.284. The Morgan fingerprint density at radius 2 is 1.77 bits per heavy atom. The number of ether oxygens (including phenoxy) is 1. The van der Waals surface area contributed by atoms with Crippen molar-refractivity contribution in [3.8, 4) is 5.75 Å². The van der Waals surface area contributed by atoms with Gasteiger partial charge in [0.2, 0.25) is 5.55 Å². The number of carbonyl (C=O) groups is 1. The summed E-state index contributed by atoms with van der Waals surface area (Å²) in [7, 11) is 0. The zero-order valence-electron chi connectivity index (χ0n) is 16.3. The molecule has 1 heterocycles. The van der Waals surface area contributed by atoms with Crippen LogP contribution in [0.5, 0.6) is 5.75 Å². The van der Waals surface area contributed by atoms with Crippen molar-refractivity contribution >= 4 is 39.9 Å². The fourth-order valence-corrected chi connectivity index (χ4v) is 3.11. The minimum absolute atomic E-state index is 0.201. The van der Waals surface area contributed by atoms with Gasteiger partial charge in [0.1, 0.15) is 22.6 Å². The summed E-state index contributed by atoms with van der Waals surface area (Å²) in [6.07, 6.45) is 0. The van der Waals surface area contributed by atoms with Crippen LogP contribution in [-0.4, -0.2) is 12.5 Å². The maximum absolute atomic E-state index is 13.1. The van der Waals surface area contributed by atoms with Crippen LogP contribution in [0.4, 0.5) is 11.4 Å². The van der Waals surface area contributed by atoms with Crippen LogP contribution in [0, 0.1) is 0 Å². The lowest BCUT2D eigenvalue weighted by Gasteiger charge is -2.08. The van der Waals surface area contributed by atoms with Crippen LogP contribution in [0.1, 0.15) is 17.3 Å². The zero-order chi connectivity index (χ0) is 20.9. The lowest BCUT2D eigenvalue weighted by Crippen LogP contribution is -2.21. The summed E-state index contributed by atoms with van der Waals surface area (Å²) >= 11 is 5.93. The van der Waals surface area contributed by atoms with Gasteiger partial charge in [-0.1, -0.05) is 41.9 Å². The van der Waals surface area contributed by atoms with E-state index in [0.29, 0.717) is 39.9 Å². The van der Waals surface area contributed by atoms with Crippen LogP contribution in [-0.2, 0) is 0 Å². The Bertz CT molecular complexity index is 1260. The highest BCUT2D eigenvalue weighted by atomic mass is 35.5. The molecule has 0 saturated carbocycles. The molecule has 0 bridgehead atoms. The number of hydrogen-bond acceptors (Lipinski definition) is 4. The molecule has 1 N–H and O–H groups in total. The van der Waals surface area contributed by atoms with Gasteiger partial charge in [-0.15, -0.1) is 0 Å². The molecule has 0 aliphatic heterocycles. The molecule has 30 heavy (non-hydrogen) atoms. The van der Waals surface area contributed by atoms with E-state index in [2.05, 4.69) is 10.3 Å². The number of rotatable bonds is 5. The van der Waals surface area contributed by atoms with E-state index < -0.39 is 0 Å². The molecule has 4 aromatic rings.